The number of rotatable bonds is 4. The van der Waals surface area contributed by atoms with Gasteiger partial charge in [-0.05, 0) is 12.3 Å². The molecule has 0 heterocycles. The molecule has 0 spiro atoms. The quantitative estimate of drug-likeness (QED) is 0.412. The number of hydrogen-bond acceptors (Lipinski definition) is 1. The van der Waals surface area contributed by atoms with Crippen LogP contribution in [-0.4, -0.2) is 6.72 Å². The fourth-order valence-corrected chi connectivity index (χ4v) is 0.382. The molecule has 0 aromatic rings. The van der Waals surface area contributed by atoms with E-state index in [0.29, 0.717) is 5.70 Å². The Labute approximate surface area is 61.8 Å². The molecule has 0 aliphatic rings. The first-order chi connectivity index (χ1) is 4.72. The van der Waals surface area contributed by atoms with Crippen LogP contribution in [0.2, 0.25) is 0 Å². The Morgan fingerprint density at radius 3 is 2.30 bits per heavy atom. The Balaban J connectivity index is 4.09. The molecule has 0 amide bonds. The molecule has 0 aliphatic heterocycles. The second-order valence-corrected chi connectivity index (χ2v) is 1.72. The molecule has 0 atom stereocenters. The molecule has 1 heteroatoms. The third-order valence-corrected chi connectivity index (χ3v) is 0.995. The summed E-state index contributed by atoms with van der Waals surface area (Å²) in [6.07, 6.45) is 5.23. The highest BCUT2D eigenvalue weighted by Gasteiger charge is 1.88. The summed E-state index contributed by atoms with van der Waals surface area (Å²) >= 11 is 0. The molecular weight excluding hydrogens is 122 g/mol. The van der Waals surface area contributed by atoms with Crippen molar-refractivity contribution in [2.75, 3.05) is 0 Å². The molecule has 10 heavy (non-hydrogen) atoms. The summed E-state index contributed by atoms with van der Waals surface area (Å²) in [6.45, 7) is 14.1. The van der Waals surface area contributed by atoms with Crippen LogP contribution in [-0.2, 0) is 0 Å². The maximum atomic E-state index is 3.70. The van der Waals surface area contributed by atoms with Crippen molar-refractivity contribution in [3.8, 4) is 0 Å². The van der Waals surface area contributed by atoms with E-state index in [1.165, 1.54) is 0 Å². The number of aliphatic imine (C=N–C) groups is 1. The van der Waals surface area contributed by atoms with Gasteiger partial charge in [0.2, 0.25) is 0 Å². The molecule has 0 unspecified atom stereocenters. The van der Waals surface area contributed by atoms with Crippen LogP contribution in [0.5, 0.6) is 0 Å². The van der Waals surface area contributed by atoms with Crippen LogP contribution in [0.4, 0.5) is 0 Å². The lowest BCUT2D eigenvalue weighted by Gasteiger charge is -1.93. The minimum atomic E-state index is 0.595. The molecule has 0 N–H and O–H groups in total. The van der Waals surface area contributed by atoms with E-state index in [0.717, 1.165) is 5.57 Å². The molecule has 0 fully saturated rings. The van der Waals surface area contributed by atoms with E-state index < -0.39 is 0 Å². The molecule has 0 bridgehead atoms. The summed E-state index contributed by atoms with van der Waals surface area (Å²) in [5.41, 5.74) is 1.35. The normalized spacial score (nSPS) is 9.20. The van der Waals surface area contributed by atoms with Crippen molar-refractivity contribution in [3.63, 3.8) is 0 Å². The molecule has 0 saturated heterocycles. The predicted octanol–water partition coefficient (Wildman–Crippen LogP) is 2.50. The van der Waals surface area contributed by atoms with Crippen LogP contribution < -0.4 is 0 Å². The fourth-order valence-electron chi connectivity index (χ4n) is 0.382. The lowest BCUT2D eigenvalue weighted by Crippen LogP contribution is -1.75. The average molecular weight is 133 g/mol. The highest BCUT2D eigenvalue weighted by atomic mass is 14.7. The fraction of sp³-hybridized carbons (Fsp3) is 0. The molecule has 0 saturated carbocycles. The van der Waals surface area contributed by atoms with Crippen LogP contribution in [0, 0.1) is 0 Å². The van der Waals surface area contributed by atoms with Crippen molar-refractivity contribution in [1.29, 1.82) is 0 Å². The third kappa shape index (κ3) is 2.82. The Hall–Kier alpha value is -1.37. The summed E-state index contributed by atoms with van der Waals surface area (Å²) in [6, 6.07) is 0. The molecule has 0 aliphatic carbocycles. The van der Waals surface area contributed by atoms with Gasteiger partial charge in [-0.1, -0.05) is 38.0 Å². The van der Waals surface area contributed by atoms with Gasteiger partial charge < -0.3 is 0 Å². The number of nitrogens with zero attached hydrogens (tertiary/aromatic N) is 1. The van der Waals surface area contributed by atoms with Crippen molar-refractivity contribution in [3.05, 3.63) is 49.2 Å². The lowest BCUT2D eigenvalue weighted by atomic mass is 10.2. The van der Waals surface area contributed by atoms with Gasteiger partial charge in [-0.25, -0.2) is 0 Å². The average Bonchev–Trinajstić information content (AvgIpc) is 1.98. The second kappa shape index (κ2) is 4.50. The summed E-state index contributed by atoms with van der Waals surface area (Å²) < 4.78 is 0. The molecule has 52 valence electrons. The largest absolute Gasteiger partial charge is 0.265 e. The highest BCUT2D eigenvalue weighted by Crippen LogP contribution is 2.06. The summed E-state index contributed by atoms with van der Waals surface area (Å²) in [7, 11) is 0. The Kier molecular flexibility index (Phi) is 3.89. The molecular formula is C9H11N. The molecule has 0 radical (unpaired) electrons. The van der Waals surface area contributed by atoms with E-state index in [9.17, 15) is 0 Å². The zero-order chi connectivity index (χ0) is 7.98. The van der Waals surface area contributed by atoms with Gasteiger partial charge in [-0.2, -0.15) is 0 Å². The van der Waals surface area contributed by atoms with E-state index in [-0.39, 0.29) is 0 Å². The van der Waals surface area contributed by atoms with E-state index in [4.69, 9.17) is 0 Å². The van der Waals surface area contributed by atoms with Gasteiger partial charge in [0.1, 0.15) is 0 Å². The van der Waals surface area contributed by atoms with E-state index in [1.54, 1.807) is 18.2 Å². The molecule has 0 aromatic heterocycles. The van der Waals surface area contributed by atoms with Crippen LogP contribution in [0.1, 0.15) is 0 Å². The molecule has 0 aromatic carbocycles. The second-order valence-electron chi connectivity index (χ2n) is 1.72. The van der Waals surface area contributed by atoms with E-state index in [2.05, 4.69) is 31.4 Å². The predicted molar refractivity (Wildman–Crippen MR) is 47.2 cm³/mol. The maximum absolute atomic E-state index is 3.70. The molecule has 1 nitrogen and oxygen atoms in total. The molecule has 0 rings (SSSR count). The van der Waals surface area contributed by atoms with Gasteiger partial charge in [0.15, 0.2) is 0 Å². The van der Waals surface area contributed by atoms with Gasteiger partial charge in [0.25, 0.3) is 0 Å². The van der Waals surface area contributed by atoms with Gasteiger partial charge in [-0.3, -0.25) is 4.99 Å². The first kappa shape index (κ1) is 8.63. The lowest BCUT2D eigenvalue weighted by molar-refractivity contribution is 1.40. The zero-order valence-electron chi connectivity index (χ0n) is 6.01. The zero-order valence-corrected chi connectivity index (χ0v) is 6.01. The highest BCUT2D eigenvalue weighted by molar-refractivity contribution is 5.41. The first-order valence-corrected chi connectivity index (χ1v) is 2.86. The number of allylic oxidation sites excluding steroid dienone is 3. The van der Waals surface area contributed by atoms with Crippen LogP contribution >= 0.6 is 0 Å². The minimum absolute atomic E-state index is 0.595. The van der Waals surface area contributed by atoms with Gasteiger partial charge >= 0.3 is 0 Å². The minimum Gasteiger partial charge on any atom is -0.265 e. The van der Waals surface area contributed by atoms with Crippen molar-refractivity contribution in [2.24, 2.45) is 4.99 Å². The SMILES string of the molecule is C=C/C=C\C(=C)C(=C)N=C. The summed E-state index contributed by atoms with van der Waals surface area (Å²) in [4.78, 5) is 3.61. The smallest absolute Gasteiger partial charge is 0.0617 e. The van der Waals surface area contributed by atoms with Gasteiger partial charge in [0, 0.05) is 0 Å². The van der Waals surface area contributed by atoms with Crippen LogP contribution in [0.25, 0.3) is 0 Å². The number of hydrogen-bond donors (Lipinski definition) is 0. The topological polar surface area (TPSA) is 12.4 Å². The van der Waals surface area contributed by atoms with Gasteiger partial charge in [-0.15, -0.1) is 0 Å². The van der Waals surface area contributed by atoms with Gasteiger partial charge in [0.05, 0.1) is 5.70 Å². The Bertz CT molecular complexity index is 197. The van der Waals surface area contributed by atoms with Crippen molar-refractivity contribution >= 4 is 6.72 Å². The third-order valence-electron chi connectivity index (χ3n) is 0.995. The van der Waals surface area contributed by atoms with Crippen molar-refractivity contribution < 1.29 is 0 Å². The van der Waals surface area contributed by atoms with E-state index >= 15 is 0 Å². The summed E-state index contributed by atoms with van der Waals surface area (Å²) in [5.74, 6) is 0. The Morgan fingerprint density at radius 2 is 1.90 bits per heavy atom. The van der Waals surface area contributed by atoms with E-state index in [1.807, 2.05) is 0 Å². The standard InChI is InChI=1S/C9H11N/c1-5-6-7-8(2)9(3)10-4/h5-7H,1-4H2/b7-6-. The monoisotopic (exact) mass is 133 g/mol. The maximum Gasteiger partial charge on any atom is 0.0617 e. The van der Waals surface area contributed by atoms with Crippen molar-refractivity contribution in [2.45, 2.75) is 0 Å². The summed E-state index contributed by atoms with van der Waals surface area (Å²) in [5, 5.41) is 0. The van der Waals surface area contributed by atoms with Crippen LogP contribution in [0.15, 0.2) is 54.2 Å². The van der Waals surface area contributed by atoms with Crippen molar-refractivity contribution in [1.82, 2.24) is 0 Å². The Morgan fingerprint density at radius 1 is 1.30 bits per heavy atom. The first-order valence-electron chi connectivity index (χ1n) is 2.86. The van der Waals surface area contributed by atoms with Crippen LogP contribution in [0.3, 0.4) is 0 Å².